The highest BCUT2D eigenvalue weighted by Gasteiger charge is 2.12. The maximum absolute atomic E-state index is 12.4. The molecule has 3 nitrogen and oxygen atoms in total. The molecule has 0 saturated heterocycles. The smallest absolute Gasteiger partial charge is 0.251 e. The van der Waals surface area contributed by atoms with Gasteiger partial charge in [0, 0.05) is 5.56 Å². The summed E-state index contributed by atoms with van der Waals surface area (Å²) < 4.78 is 5.43. The van der Waals surface area contributed by atoms with Gasteiger partial charge in [0.25, 0.3) is 5.91 Å². The van der Waals surface area contributed by atoms with Crippen molar-refractivity contribution in [3.8, 4) is 5.75 Å². The van der Waals surface area contributed by atoms with Crippen molar-refractivity contribution in [2.45, 2.75) is 33.7 Å². The summed E-state index contributed by atoms with van der Waals surface area (Å²) in [6, 6.07) is 13.7. The van der Waals surface area contributed by atoms with Crippen LogP contribution >= 0.6 is 0 Å². The minimum Gasteiger partial charge on any atom is -0.494 e. The van der Waals surface area contributed by atoms with Crippen molar-refractivity contribution < 1.29 is 9.53 Å². The zero-order chi connectivity index (χ0) is 16.1. The maximum atomic E-state index is 12.4. The molecule has 1 atom stereocenters. The van der Waals surface area contributed by atoms with E-state index in [2.05, 4.69) is 11.4 Å². The first-order valence-electron chi connectivity index (χ1n) is 7.61. The number of ether oxygens (including phenoxy) is 1. The summed E-state index contributed by atoms with van der Waals surface area (Å²) in [4.78, 5) is 12.4. The standard InChI is InChI=1S/C19H23NO2/c1-5-22-18-8-6-16(7-9-18)15(4)20-19(21)17-11-13(2)10-14(3)12-17/h6-12,15H,5H2,1-4H3,(H,20,21). The summed E-state index contributed by atoms with van der Waals surface area (Å²) in [6.07, 6.45) is 0. The average Bonchev–Trinajstić information content (AvgIpc) is 2.47. The van der Waals surface area contributed by atoms with Crippen LogP contribution in [-0.4, -0.2) is 12.5 Å². The van der Waals surface area contributed by atoms with Gasteiger partial charge in [0.1, 0.15) is 5.75 Å². The van der Waals surface area contributed by atoms with Crippen molar-refractivity contribution in [2.75, 3.05) is 6.61 Å². The Morgan fingerprint density at radius 2 is 1.68 bits per heavy atom. The lowest BCUT2D eigenvalue weighted by Crippen LogP contribution is -2.26. The van der Waals surface area contributed by atoms with Crippen LogP contribution in [-0.2, 0) is 0 Å². The Kier molecular flexibility index (Phi) is 5.21. The topological polar surface area (TPSA) is 38.3 Å². The van der Waals surface area contributed by atoms with Crippen molar-refractivity contribution in [3.63, 3.8) is 0 Å². The molecule has 0 heterocycles. The van der Waals surface area contributed by atoms with Crippen LogP contribution in [0.3, 0.4) is 0 Å². The van der Waals surface area contributed by atoms with E-state index in [1.807, 2.05) is 64.1 Å². The van der Waals surface area contributed by atoms with Crippen molar-refractivity contribution in [1.82, 2.24) is 5.32 Å². The zero-order valence-electron chi connectivity index (χ0n) is 13.6. The van der Waals surface area contributed by atoms with Gasteiger partial charge in [-0.25, -0.2) is 0 Å². The molecule has 1 amide bonds. The lowest BCUT2D eigenvalue weighted by molar-refractivity contribution is 0.0939. The van der Waals surface area contributed by atoms with Crippen LogP contribution in [0.15, 0.2) is 42.5 Å². The van der Waals surface area contributed by atoms with Crippen molar-refractivity contribution in [1.29, 1.82) is 0 Å². The van der Waals surface area contributed by atoms with Gasteiger partial charge in [0.15, 0.2) is 0 Å². The number of hydrogen-bond donors (Lipinski definition) is 1. The van der Waals surface area contributed by atoms with Crippen LogP contribution in [0.25, 0.3) is 0 Å². The van der Waals surface area contributed by atoms with Crippen LogP contribution in [0.5, 0.6) is 5.75 Å². The first kappa shape index (κ1) is 16.1. The third-order valence-corrected chi connectivity index (χ3v) is 3.52. The van der Waals surface area contributed by atoms with Crippen molar-refractivity contribution in [2.24, 2.45) is 0 Å². The monoisotopic (exact) mass is 297 g/mol. The maximum Gasteiger partial charge on any atom is 0.251 e. The predicted molar refractivity (Wildman–Crippen MR) is 89.4 cm³/mol. The number of aryl methyl sites for hydroxylation is 2. The third kappa shape index (κ3) is 4.10. The quantitative estimate of drug-likeness (QED) is 0.898. The lowest BCUT2D eigenvalue weighted by atomic mass is 10.0. The Hall–Kier alpha value is -2.29. The van der Waals surface area contributed by atoms with E-state index in [9.17, 15) is 4.79 Å². The fourth-order valence-corrected chi connectivity index (χ4v) is 2.49. The van der Waals surface area contributed by atoms with Crippen molar-refractivity contribution in [3.05, 3.63) is 64.7 Å². The highest BCUT2D eigenvalue weighted by Crippen LogP contribution is 2.18. The van der Waals surface area contributed by atoms with Crippen LogP contribution in [0.2, 0.25) is 0 Å². The van der Waals surface area contributed by atoms with Crippen LogP contribution in [0, 0.1) is 13.8 Å². The van der Waals surface area contributed by atoms with E-state index in [4.69, 9.17) is 4.74 Å². The molecule has 0 saturated carbocycles. The molecule has 0 aliphatic rings. The second-order valence-corrected chi connectivity index (χ2v) is 5.57. The molecule has 0 radical (unpaired) electrons. The van der Waals surface area contributed by atoms with Gasteiger partial charge >= 0.3 is 0 Å². The Bertz CT molecular complexity index is 627. The molecule has 0 spiro atoms. The Labute approximate surface area is 132 Å². The summed E-state index contributed by atoms with van der Waals surface area (Å²) in [5, 5.41) is 3.04. The number of rotatable bonds is 5. The molecular formula is C19H23NO2. The summed E-state index contributed by atoms with van der Waals surface area (Å²) in [5.41, 5.74) is 3.95. The molecule has 0 aromatic heterocycles. The highest BCUT2D eigenvalue weighted by atomic mass is 16.5. The van der Waals surface area contributed by atoms with Gasteiger partial charge in [-0.15, -0.1) is 0 Å². The fourth-order valence-electron chi connectivity index (χ4n) is 2.49. The van der Waals surface area contributed by atoms with Crippen molar-refractivity contribution >= 4 is 5.91 Å². The predicted octanol–water partition coefficient (Wildman–Crippen LogP) is 4.19. The minimum absolute atomic E-state index is 0.0480. The molecule has 3 heteroatoms. The molecule has 0 bridgehead atoms. The third-order valence-electron chi connectivity index (χ3n) is 3.52. The average molecular weight is 297 g/mol. The highest BCUT2D eigenvalue weighted by molar-refractivity contribution is 5.94. The van der Waals surface area contributed by atoms with E-state index in [-0.39, 0.29) is 11.9 Å². The molecule has 22 heavy (non-hydrogen) atoms. The summed E-state index contributed by atoms with van der Waals surface area (Å²) in [5.74, 6) is 0.798. The van der Waals surface area contributed by atoms with Gasteiger partial charge in [0.05, 0.1) is 12.6 Å². The summed E-state index contributed by atoms with van der Waals surface area (Å²) in [6.45, 7) is 8.59. The molecule has 1 N–H and O–H groups in total. The summed E-state index contributed by atoms with van der Waals surface area (Å²) in [7, 11) is 0. The molecule has 0 aliphatic heterocycles. The molecular weight excluding hydrogens is 274 g/mol. The normalized spacial score (nSPS) is 11.8. The van der Waals surface area contributed by atoms with Crippen LogP contribution in [0.1, 0.15) is 46.9 Å². The Morgan fingerprint density at radius 1 is 1.09 bits per heavy atom. The molecule has 0 fully saturated rings. The molecule has 0 aliphatic carbocycles. The first-order valence-corrected chi connectivity index (χ1v) is 7.61. The molecule has 2 aromatic rings. The fraction of sp³-hybridized carbons (Fsp3) is 0.316. The lowest BCUT2D eigenvalue weighted by Gasteiger charge is -2.15. The molecule has 116 valence electrons. The van der Waals surface area contributed by atoms with Gasteiger partial charge in [-0.1, -0.05) is 29.3 Å². The number of amides is 1. The first-order chi connectivity index (χ1) is 10.5. The van der Waals surface area contributed by atoms with Crippen LogP contribution < -0.4 is 10.1 Å². The largest absolute Gasteiger partial charge is 0.494 e. The Balaban J connectivity index is 2.07. The second-order valence-electron chi connectivity index (χ2n) is 5.57. The number of nitrogens with one attached hydrogen (secondary N) is 1. The number of benzene rings is 2. The van der Waals surface area contributed by atoms with E-state index >= 15 is 0 Å². The van der Waals surface area contributed by atoms with Gasteiger partial charge < -0.3 is 10.1 Å². The van der Waals surface area contributed by atoms with Gasteiger partial charge in [-0.05, 0) is 57.5 Å². The van der Waals surface area contributed by atoms with Gasteiger partial charge in [-0.3, -0.25) is 4.79 Å². The second kappa shape index (κ2) is 7.12. The van der Waals surface area contributed by atoms with Crippen LogP contribution in [0.4, 0.5) is 0 Å². The molecule has 2 rings (SSSR count). The summed E-state index contributed by atoms with van der Waals surface area (Å²) >= 11 is 0. The Morgan fingerprint density at radius 3 is 2.23 bits per heavy atom. The van der Waals surface area contributed by atoms with E-state index in [0.29, 0.717) is 12.2 Å². The minimum atomic E-state index is -0.0519. The van der Waals surface area contributed by atoms with E-state index in [1.165, 1.54) is 0 Å². The van der Waals surface area contributed by atoms with E-state index in [1.54, 1.807) is 0 Å². The number of carbonyl (C=O) groups is 1. The molecule has 1 unspecified atom stereocenters. The number of hydrogen-bond acceptors (Lipinski definition) is 2. The number of carbonyl (C=O) groups excluding carboxylic acids is 1. The zero-order valence-corrected chi connectivity index (χ0v) is 13.6. The SMILES string of the molecule is CCOc1ccc(C(C)NC(=O)c2cc(C)cc(C)c2)cc1. The van der Waals surface area contributed by atoms with E-state index in [0.717, 1.165) is 22.4 Å². The van der Waals surface area contributed by atoms with Gasteiger partial charge in [-0.2, -0.15) is 0 Å². The van der Waals surface area contributed by atoms with E-state index < -0.39 is 0 Å². The van der Waals surface area contributed by atoms with Gasteiger partial charge in [0.2, 0.25) is 0 Å². The molecule has 2 aromatic carbocycles.